The Kier molecular flexibility index (Phi) is 3.29. The summed E-state index contributed by atoms with van der Waals surface area (Å²) < 4.78 is 6.54. The second-order valence-corrected chi connectivity index (χ2v) is 7.91. The van der Waals surface area contributed by atoms with Crippen molar-refractivity contribution < 1.29 is 9.32 Å². The molecule has 2 aromatic carbocycles. The molecule has 25 heavy (non-hydrogen) atoms. The van der Waals surface area contributed by atoms with Crippen molar-refractivity contribution in [2.24, 2.45) is 5.92 Å². The van der Waals surface area contributed by atoms with E-state index in [1.807, 2.05) is 30.3 Å². The molecule has 0 saturated carbocycles. The van der Waals surface area contributed by atoms with Gasteiger partial charge in [0.1, 0.15) is 5.52 Å². The van der Waals surface area contributed by atoms with Gasteiger partial charge < -0.3 is 9.42 Å². The summed E-state index contributed by atoms with van der Waals surface area (Å²) in [7, 11) is 0. The van der Waals surface area contributed by atoms with Gasteiger partial charge in [-0.15, -0.1) is 0 Å². The first-order valence-electron chi connectivity index (χ1n) is 8.66. The molecule has 5 rings (SSSR count). The number of anilines is 1. The van der Waals surface area contributed by atoms with Gasteiger partial charge in [0.2, 0.25) is 0 Å². The van der Waals surface area contributed by atoms with Crippen LogP contribution in [0.15, 0.2) is 39.3 Å². The number of carbonyl (C=O) groups excluding carboxylic acids is 1. The van der Waals surface area contributed by atoms with Gasteiger partial charge in [0.15, 0.2) is 11.5 Å². The highest BCUT2D eigenvalue weighted by Crippen LogP contribution is 2.46. The van der Waals surface area contributed by atoms with Gasteiger partial charge >= 0.3 is 0 Å². The van der Waals surface area contributed by atoms with Crippen LogP contribution in [0.2, 0.25) is 0 Å². The third-order valence-electron chi connectivity index (χ3n) is 5.33. The molecule has 5 heteroatoms. The van der Waals surface area contributed by atoms with Crippen molar-refractivity contribution in [3.05, 3.63) is 45.9 Å². The van der Waals surface area contributed by atoms with E-state index in [1.54, 1.807) is 0 Å². The first-order chi connectivity index (χ1) is 12.1. The number of piperidine rings is 1. The number of halogens is 1. The van der Waals surface area contributed by atoms with Gasteiger partial charge in [-0.05, 0) is 40.8 Å². The Bertz CT molecular complexity index is 1020. The van der Waals surface area contributed by atoms with Crippen molar-refractivity contribution in [2.75, 3.05) is 18.0 Å². The number of ketones is 1. The predicted octanol–water partition coefficient (Wildman–Crippen LogP) is 5.04. The SMILES string of the molecule is CC1CCCN(c2cc(Br)c3noc4c3c2C(=O)c2ccccc2-4)C1. The van der Waals surface area contributed by atoms with Gasteiger partial charge in [-0.3, -0.25) is 4.79 Å². The van der Waals surface area contributed by atoms with Crippen LogP contribution >= 0.6 is 15.9 Å². The third-order valence-corrected chi connectivity index (χ3v) is 5.93. The summed E-state index contributed by atoms with van der Waals surface area (Å²) in [6, 6.07) is 9.67. The quantitative estimate of drug-likeness (QED) is 0.452. The van der Waals surface area contributed by atoms with Gasteiger partial charge in [0.25, 0.3) is 0 Å². The summed E-state index contributed by atoms with van der Waals surface area (Å²) >= 11 is 3.63. The van der Waals surface area contributed by atoms with Crippen LogP contribution < -0.4 is 4.90 Å². The number of hydrogen-bond acceptors (Lipinski definition) is 4. The standard InChI is InChI=1S/C20H17BrN2O2/c1-11-5-4-8-23(10-11)15-9-14(21)18-17-16(15)19(24)12-6-2-3-7-13(12)20(17)25-22-18/h2-3,6-7,9,11H,4-5,8,10H2,1H3. The fourth-order valence-electron chi connectivity index (χ4n) is 4.16. The fraction of sp³-hybridized carbons (Fsp3) is 0.300. The molecule has 1 aliphatic carbocycles. The molecule has 1 aromatic heterocycles. The van der Waals surface area contributed by atoms with Crippen molar-refractivity contribution in [1.82, 2.24) is 5.16 Å². The molecular formula is C20H17BrN2O2. The highest BCUT2D eigenvalue weighted by Gasteiger charge is 2.34. The lowest BCUT2D eigenvalue weighted by molar-refractivity contribution is 0.104. The van der Waals surface area contributed by atoms with E-state index in [4.69, 9.17) is 4.52 Å². The molecule has 1 fully saturated rings. The monoisotopic (exact) mass is 396 g/mol. The highest BCUT2D eigenvalue weighted by atomic mass is 79.9. The Balaban J connectivity index is 1.83. The molecule has 2 aliphatic rings. The fourth-order valence-corrected chi connectivity index (χ4v) is 4.65. The number of carbonyl (C=O) groups is 1. The number of nitrogens with zero attached hydrogens (tertiary/aromatic N) is 2. The van der Waals surface area contributed by atoms with Crippen LogP contribution in [0.1, 0.15) is 35.7 Å². The third kappa shape index (κ3) is 2.11. The van der Waals surface area contributed by atoms with Crippen LogP contribution in [0.4, 0.5) is 5.69 Å². The van der Waals surface area contributed by atoms with Crippen molar-refractivity contribution >= 4 is 38.3 Å². The molecule has 0 amide bonds. The average molecular weight is 397 g/mol. The summed E-state index contributed by atoms with van der Waals surface area (Å²) in [5.41, 5.74) is 3.99. The van der Waals surface area contributed by atoms with E-state index in [-0.39, 0.29) is 5.78 Å². The van der Waals surface area contributed by atoms with Crippen molar-refractivity contribution in [2.45, 2.75) is 19.8 Å². The lowest BCUT2D eigenvalue weighted by Crippen LogP contribution is -2.35. The Morgan fingerprint density at radius 2 is 2.08 bits per heavy atom. The van der Waals surface area contributed by atoms with Crippen LogP contribution in [-0.2, 0) is 0 Å². The van der Waals surface area contributed by atoms with Gasteiger partial charge in [0, 0.05) is 34.4 Å². The molecular weight excluding hydrogens is 380 g/mol. The van der Waals surface area contributed by atoms with Crippen molar-refractivity contribution in [1.29, 1.82) is 0 Å². The second-order valence-electron chi connectivity index (χ2n) is 7.06. The molecule has 0 N–H and O–H groups in total. The number of hydrogen-bond donors (Lipinski definition) is 0. The average Bonchev–Trinajstić information content (AvgIpc) is 3.06. The first-order valence-corrected chi connectivity index (χ1v) is 9.45. The van der Waals surface area contributed by atoms with Crippen LogP contribution in [0.3, 0.4) is 0 Å². The Labute approximate surface area is 153 Å². The molecule has 1 unspecified atom stereocenters. The number of aromatic nitrogens is 1. The molecule has 3 aromatic rings. The van der Waals surface area contributed by atoms with Gasteiger partial charge in [0.05, 0.1) is 10.9 Å². The van der Waals surface area contributed by atoms with E-state index in [2.05, 4.69) is 32.9 Å². The molecule has 1 atom stereocenters. The number of fused-ring (bicyclic) bond motifs is 2. The molecule has 126 valence electrons. The Morgan fingerprint density at radius 3 is 2.88 bits per heavy atom. The van der Waals surface area contributed by atoms with E-state index in [9.17, 15) is 4.79 Å². The minimum Gasteiger partial charge on any atom is -0.371 e. The molecule has 0 radical (unpaired) electrons. The minimum absolute atomic E-state index is 0.0667. The predicted molar refractivity (Wildman–Crippen MR) is 101 cm³/mol. The van der Waals surface area contributed by atoms with E-state index in [0.717, 1.165) is 51.7 Å². The summed E-state index contributed by atoms with van der Waals surface area (Å²) in [4.78, 5) is 15.7. The first kappa shape index (κ1) is 15.1. The molecule has 0 bridgehead atoms. The second kappa shape index (κ2) is 5.43. The molecule has 0 spiro atoms. The van der Waals surface area contributed by atoms with Crippen molar-refractivity contribution in [3.63, 3.8) is 0 Å². The summed E-state index contributed by atoms with van der Waals surface area (Å²) in [5.74, 6) is 1.40. The highest BCUT2D eigenvalue weighted by molar-refractivity contribution is 9.10. The summed E-state index contributed by atoms with van der Waals surface area (Å²) in [5, 5.41) is 5.07. The summed E-state index contributed by atoms with van der Waals surface area (Å²) in [6.07, 6.45) is 2.39. The number of rotatable bonds is 1. The number of benzene rings is 2. The van der Waals surface area contributed by atoms with Crippen LogP contribution in [0, 0.1) is 5.92 Å². The summed E-state index contributed by atoms with van der Waals surface area (Å²) in [6.45, 7) is 4.22. The van der Waals surface area contributed by atoms with Gasteiger partial charge in [-0.2, -0.15) is 0 Å². The smallest absolute Gasteiger partial charge is 0.196 e. The Hall–Kier alpha value is -2.14. The zero-order chi connectivity index (χ0) is 17.1. The zero-order valence-corrected chi connectivity index (χ0v) is 15.5. The lowest BCUT2D eigenvalue weighted by Gasteiger charge is -2.34. The van der Waals surface area contributed by atoms with E-state index in [1.165, 1.54) is 6.42 Å². The maximum absolute atomic E-state index is 13.3. The minimum atomic E-state index is 0.0667. The van der Waals surface area contributed by atoms with Gasteiger partial charge in [-0.1, -0.05) is 36.3 Å². The molecule has 4 nitrogen and oxygen atoms in total. The lowest BCUT2D eigenvalue weighted by atomic mass is 9.86. The van der Waals surface area contributed by atoms with E-state index < -0.39 is 0 Å². The van der Waals surface area contributed by atoms with Crippen LogP contribution in [-0.4, -0.2) is 24.0 Å². The zero-order valence-electron chi connectivity index (χ0n) is 13.9. The van der Waals surface area contributed by atoms with Crippen LogP contribution in [0.25, 0.3) is 22.2 Å². The van der Waals surface area contributed by atoms with Gasteiger partial charge in [-0.25, -0.2) is 0 Å². The van der Waals surface area contributed by atoms with E-state index >= 15 is 0 Å². The maximum Gasteiger partial charge on any atom is 0.196 e. The topological polar surface area (TPSA) is 46.3 Å². The maximum atomic E-state index is 13.3. The molecule has 1 aliphatic heterocycles. The molecule has 2 heterocycles. The van der Waals surface area contributed by atoms with Crippen LogP contribution in [0.5, 0.6) is 0 Å². The van der Waals surface area contributed by atoms with Crippen molar-refractivity contribution in [3.8, 4) is 11.3 Å². The molecule has 1 saturated heterocycles. The largest absolute Gasteiger partial charge is 0.371 e. The normalized spacial score (nSPS) is 19.4. The Morgan fingerprint density at radius 1 is 1.28 bits per heavy atom. The van der Waals surface area contributed by atoms with E-state index in [0.29, 0.717) is 17.2 Å².